The number of hydrogen-bond acceptors (Lipinski definition) is 5. The van der Waals surface area contributed by atoms with Gasteiger partial charge in [0.2, 0.25) is 0 Å². The van der Waals surface area contributed by atoms with Gasteiger partial charge in [0.15, 0.2) is 13.2 Å². The highest BCUT2D eigenvalue weighted by Gasteiger charge is 2.06. The normalized spacial score (nSPS) is 10.1. The highest BCUT2D eigenvalue weighted by atomic mass is 32.2. The van der Waals surface area contributed by atoms with Gasteiger partial charge in [0, 0.05) is 0 Å². The van der Waals surface area contributed by atoms with Crippen LogP contribution in [0.4, 0.5) is 0 Å². The Labute approximate surface area is 69.8 Å². The summed E-state index contributed by atoms with van der Waals surface area (Å²) in [5, 5.41) is 16.0. The van der Waals surface area contributed by atoms with Gasteiger partial charge in [-0.1, -0.05) is 0 Å². The van der Waals surface area contributed by atoms with E-state index in [-0.39, 0.29) is 0 Å². The average molecular weight is 198 g/mol. The molecule has 0 saturated heterocycles. The molecule has 0 heterocycles. The predicted octanol–water partition coefficient (Wildman–Crippen LogP) is -1.23. The van der Waals surface area contributed by atoms with Crippen molar-refractivity contribution in [2.24, 2.45) is 0 Å². The molecule has 0 aliphatic rings. The topological polar surface area (TPSA) is 110 Å². The molecule has 0 aromatic heterocycles. The summed E-state index contributed by atoms with van der Waals surface area (Å²) in [4.78, 5) is 19.6. The van der Waals surface area contributed by atoms with E-state index in [0.29, 0.717) is 0 Å². The van der Waals surface area contributed by atoms with E-state index in [9.17, 15) is 13.8 Å². The van der Waals surface area contributed by atoms with Crippen molar-refractivity contribution in [3.63, 3.8) is 0 Å². The highest BCUT2D eigenvalue weighted by Crippen LogP contribution is 1.88. The summed E-state index contributed by atoms with van der Waals surface area (Å²) in [6, 6.07) is 0. The predicted molar refractivity (Wildman–Crippen MR) is 35.3 cm³/mol. The summed E-state index contributed by atoms with van der Waals surface area (Å²) in [6.45, 7) is -1.60. The molecule has 2 N–H and O–H groups in total. The van der Waals surface area contributed by atoms with Crippen LogP contribution in [0.15, 0.2) is 0 Å². The van der Waals surface area contributed by atoms with Crippen LogP contribution in [0.5, 0.6) is 0 Å². The first-order chi connectivity index (χ1) is 5.52. The summed E-state index contributed by atoms with van der Waals surface area (Å²) < 4.78 is 18.5. The van der Waals surface area contributed by atoms with Gasteiger partial charge in [-0.2, -0.15) is 4.21 Å². The Morgan fingerprint density at radius 1 is 1.08 bits per heavy atom. The van der Waals surface area contributed by atoms with Crippen LogP contribution < -0.4 is 0 Å². The Balaban J connectivity index is 3.47. The lowest BCUT2D eigenvalue weighted by atomic mass is 10.8. The molecule has 0 aromatic carbocycles. The number of rotatable bonds is 6. The highest BCUT2D eigenvalue weighted by molar-refractivity contribution is 7.75. The lowest BCUT2D eigenvalue weighted by Gasteiger charge is -1.97. The maximum Gasteiger partial charge on any atom is 0.331 e. The molecule has 0 amide bonds. The number of hydrogen-bond donors (Lipinski definition) is 2. The van der Waals surface area contributed by atoms with E-state index in [1.54, 1.807) is 0 Å². The van der Waals surface area contributed by atoms with Gasteiger partial charge in [0.1, 0.15) is 0 Å². The Kier molecular flexibility index (Phi) is 5.17. The fraction of sp³-hybridized carbons (Fsp3) is 0.500. The summed E-state index contributed by atoms with van der Waals surface area (Å²) in [5.74, 6) is -2.63. The van der Waals surface area contributed by atoms with E-state index in [1.807, 2.05) is 0 Å². The van der Waals surface area contributed by atoms with Crippen LogP contribution in [-0.4, -0.2) is 39.6 Å². The second-order valence-electron chi connectivity index (χ2n) is 1.52. The van der Waals surface area contributed by atoms with E-state index in [0.717, 1.165) is 0 Å². The molecule has 7 nitrogen and oxygen atoms in total. The summed E-state index contributed by atoms with van der Waals surface area (Å²) >= 11 is -2.32. The number of carboxylic acid groups (broad SMARTS) is 2. The van der Waals surface area contributed by atoms with Crippen molar-refractivity contribution in [1.82, 2.24) is 0 Å². The third-order valence-electron chi connectivity index (χ3n) is 0.557. The van der Waals surface area contributed by atoms with Gasteiger partial charge in [-0.15, -0.1) is 0 Å². The van der Waals surface area contributed by atoms with E-state index < -0.39 is 36.5 Å². The Hall–Kier alpha value is -0.990. The molecule has 0 radical (unpaired) electrons. The van der Waals surface area contributed by atoms with Crippen LogP contribution in [-0.2, 0) is 29.3 Å². The molecule has 0 aromatic rings. The molecule has 0 fully saturated rings. The van der Waals surface area contributed by atoms with Gasteiger partial charge < -0.3 is 10.2 Å². The van der Waals surface area contributed by atoms with Crippen LogP contribution >= 0.6 is 0 Å². The minimum Gasteiger partial charge on any atom is -0.479 e. The third kappa shape index (κ3) is 7.12. The first-order valence-corrected chi connectivity index (χ1v) is 3.64. The minimum absolute atomic E-state index is 0.799. The molecule has 0 saturated carbocycles. The molecule has 8 heteroatoms. The second-order valence-corrected chi connectivity index (χ2v) is 2.40. The van der Waals surface area contributed by atoms with Crippen molar-refractivity contribution < 1.29 is 32.4 Å². The maximum atomic E-state index is 10.4. The molecule has 0 bridgehead atoms. The fourth-order valence-corrected chi connectivity index (χ4v) is 0.693. The van der Waals surface area contributed by atoms with Crippen molar-refractivity contribution in [2.75, 3.05) is 13.2 Å². The largest absolute Gasteiger partial charge is 0.479 e. The lowest BCUT2D eigenvalue weighted by molar-refractivity contribution is -0.139. The van der Waals surface area contributed by atoms with E-state index in [4.69, 9.17) is 10.2 Å². The fourth-order valence-electron chi connectivity index (χ4n) is 0.231. The molecular weight excluding hydrogens is 192 g/mol. The molecule has 0 atom stereocenters. The molecule has 12 heavy (non-hydrogen) atoms. The van der Waals surface area contributed by atoms with Gasteiger partial charge in [-0.25, -0.2) is 9.59 Å². The zero-order valence-electron chi connectivity index (χ0n) is 5.76. The van der Waals surface area contributed by atoms with Crippen molar-refractivity contribution in [3.8, 4) is 0 Å². The minimum atomic E-state index is -2.32. The van der Waals surface area contributed by atoms with Gasteiger partial charge >= 0.3 is 23.3 Å². The standard InChI is InChI=1S/C4H6O7S/c5-3(6)1-10-12(9)11-2-4(7)8/h1-2H2,(H,5,6)(H,7,8). The van der Waals surface area contributed by atoms with E-state index >= 15 is 0 Å². The quantitative estimate of drug-likeness (QED) is 0.549. The third-order valence-corrected chi connectivity index (χ3v) is 1.18. The maximum absolute atomic E-state index is 10.4. The van der Waals surface area contributed by atoms with Crippen molar-refractivity contribution in [1.29, 1.82) is 0 Å². The first kappa shape index (κ1) is 11.0. The summed E-state index contributed by atoms with van der Waals surface area (Å²) in [7, 11) is 0. The van der Waals surface area contributed by atoms with Gasteiger partial charge in [-0.05, 0) is 0 Å². The van der Waals surface area contributed by atoms with Crippen molar-refractivity contribution >= 4 is 23.3 Å². The van der Waals surface area contributed by atoms with Crippen LogP contribution in [0.25, 0.3) is 0 Å². The molecule has 0 rings (SSSR count). The zero-order chi connectivity index (χ0) is 9.56. The number of carboxylic acids is 2. The molecule has 0 aliphatic carbocycles. The van der Waals surface area contributed by atoms with E-state index in [1.165, 1.54) is 0 Å². The average Bonchev–Trinajstić information content (AvgIpc) is 1.96. The number of aliphatic carboxylic acids is 2. The van der Waals surface area contributed by atoms with Crippen LogP contribution in [0.3, 0.4) is 0 Å². The molecule has 0 aliphatic heterocycles. The van der Waals surface area contributed by atoms with Crippen molar-refractivity contribution in [3.05, 3.63) is 0 Å². The molecular formula is C4H6O7S. The monoisotopic (exact) mass is 198 g/mol. The molecule has 70 valence electrons. The zero-order valence-corrected chi connectivity index (χ0v) is 6.57. The Bertz CT molecular complexity index is 180. The van der Waals surface area contributed by atoms with Crippen LogP contribution in [0, 0.1) is 0 Å². The summed E-state index contributed by atoms with van der Waals surface area (Å²) in [5.41, 5.74) is 0. The smallest absolute Gasteiger partial charge is 0.331 e. The van der Waals surface area contributed by atoms with Gasteiger partial charge in [-0.3, -0.25) is 8.37 Å². The molecule has 0 spiro atoms. The Morgan fingerprint density at radius 3 is 1.67 bits per heavy atom. The molecule has 0 unspecified atom stereocenters. The Morgan fingerprint density at radius 2 is 1.42 bits per heavy atom. The lowest BCUT2D eigenvalue weighted by Crippen LogP contribution is -2.14. The van der Waals surface area contributed by atoms with Gasteiger partial charge in [0.05, 0.1) is 0 Å². The van der Waals surface area contributed by atoms with Crippen LogP contribution in [0.2, 0.25) is 0 Å². The van der Waals surface area contributed by atoms with Gasteiger partial charge in [0.25, 0.3) is 0 Å². The number of carbonyl (C=O) groups is 2. The second kappa shape index (κ2) is 5.63. The summed E-state index contributed by atoms with van der Waals surface area (Å²) in [6.07, 6.45) is 0. The van der Waals surface area contributed by atoms with E-state index in [2.05, 4.69) is 8.37 Å². The SMILES string of the molecule is O=C(O)COS(=O)OCC(=O)O. The van der Waals surface area contributed by atoms with Crippen molar-refractivity contribution in [2.45, 2.75) is 0 Å². The first-order valence-electron chi connectivity index (χ1n) is 2.64. The van der Waals surface area contributed by atoms with Crippen LogP contribution in [0.1, 0.15) is 0 Å².